The quantitative estimate of drug-likeness (QED) is 0.368. The lowest BCUT2D eigenvalue weighted by atomic mass is 10.1. The predicted molar refractivity (Wildman–Crippen MR) is 139 cm³/mol. The van der Waals surface area contributed by atoms with Crippen LogP contribution in [0.2, 0.25) is 5.02 Å². The molecular formula is C28H28ClN3O4. The lowest BCUT2D eigenvalue weighted by molar-refractivity contribution is -0.143. The van der Waals surface area contributed by atoms with Crippen molar-refractivity contribution in [3.63, 3.8) is 0 Å². The molecule has 36 heavy (non-hydrogen) atoms. The Morgan fingerprint density at radius 3 is 2.61 bits per heavy atom. The molecule has 1 saturated carbocycles. The minimum absolute atomic E-state index is 0.164. The van der Waals surface area contributed by atoms with Crippen LogP contribution in [0, 0.1) is 0 Å². The van der Waals surface area contributed by atoms with Gasteiger partial charge in [0.05, 0.1) is 23.0 Å². The second-order valence-electron chi connectivity index (χ2n) is 8.91. The van der Waals surface area contributed by atoms with Crippen LogP contribution in [0.15, 0.2) is 60.9 Å². The van der Waals surface area contributed by atoms with Crippen molar-refractivity contribution in [2.45, 2.75) is 38.6 Å². The molecule has 0 radical (unpaired) electrons. The molecule has 5 rings (SSSR count). The molecule has 1 aliphatic carbocycles. The van der Waals surface area contributed by atoms with Crippen molar-refractivity contribution in [2.24, 2.45) is 0 Å². The Bertz CT molecular complexity index is 1280. The van der Waals surface area contributed by atoms with Gasteiger partial charge in [0.2, 0.25) is 0 Å². The highest BCUT2D eigenvalue weighted by atomic mass is 35.5. The average molecular weight is 506 g/mol. The number of hydrogen-bond donors (Lipinski definition) is 0. The molecule has 186 valence electrons. The van der Waals surface area contributed by atoms with Gasteiger partial charge in [-0.2, -0.15) is 0 Å². The molecule has 2 aromatic carbocycles. The first-order valence-corrected chi connectivity index (χ1v) is 12.7. The van der Waals surface area contributed by atoms with Crippen LogP contribution >= 0.6 is 11.6 Å². The molecule has 2 aliphatic rings. The average Bonchev–Trinajstić information content (AvgIpc) is 3.74. The number of amides is 1. The van der Waals surface area contributed by atoms with Crippen LogP contribution in [0.25, 0.3) is 0 Å². The molecule has 0 spiro atoms. The third-order valence-corrected chi connectivity index (χ3v) is 6.73. The maximum atomic E-state index is 13.7. The number of esters is 1. The number of aryl methyl sites for hydroxylation is 1. The number of halogens is 1. The van der Waals surface area contributed by atoms with Crippen molar-refractivity contribution in [1.82, 2.24) is 4.98 Å². The van der Waals surface area contributed by atoms with Gasteiger partial charge in [0.1, 0.15) is 17.1 Å². The molecule has 0 unspecified atom stereocenters. The van der Waals surface area contributed by atoms with E-state index in [2.05, 4.69) is 16.0 Å². The molecule has 8 heteroatoms. The van der Waals surface area contributed by atoms with E-state index in [1.807, 2.05) is 24.3 Å². The number of rotatable bonds is 8. The standard InChI is InChI=1S/C28H28ClN3O4/c1-2-35-27(33)12-8-19-7-11-26(22(29)17-19)36-25-13-14-30-18-21(25)28(34)32-16-15-31(20-9-10-20)23-5-3-4-6-24(23)32/h3-7,11,13-14,17-18,20H,2,8-10,12,15-16H2,1H3. The first kappa shape index (κ1) is 24.1. The third-order valence-electron chi connectivity index (χ3n) is 6.43. The van der Waals surface area contributed by atoms with Gasteiger partial charge in [0.25, 0.3) is 5.91 Å². The minimum Gasteiger partial charge on any atom is -0.466 e. The summed E-state index contributed by atoms with van der Waals surface area (Å²) in [5.41, 5.74) is 3.26. The van der Waals surface area contributed by atoms with Crippen LogP contribution in [0.3, 0.4) is 0 Å². The molecule has 2 heterocycles. The Kier molecular flexibility index (Phi) is 7.09. The molecule has 7 nitrogen and oxygen atoms in total. The smallest absolute Gasteiger partial charge is 0.306 e. The Hall–Kier alpha value is -3.58. The number of ether oxygens (including phenoxy) is 2. The first-order valence-electron chi connectivity index (χ1n) is 12.3. The summed E-state index contributed by atoms with van der Waals surface area (Å²) in [6, 6.07) is 15.7. The number of para-hydroxylation sites is 2. The van der Waals surface area contributed by atoms with Crippen LogP contribution in [0.1, 0.15) is 42.1 Å². The van der Waals surface area contributed by atoms with Crippen LogP contribution < -0.4 is 14.5 Å². The highest BCUT2D eigenvalue weighted by molar-refractivity contribution is 6.32. The van der Waals surface area contributed by atoms with E-state index in [-0.39, 0.29) is 18.3 Å². The van der Waals surface area contributed by atoms with E-state index in [1.165, 1.54) is 19.0 Å². The highest BCUT2D eigenvalue weighted by Crippen LogP contribution is 2.41. The zero-order valence-corrected chi connectivity index (χ0v) is 20.9. The van der Waals surface area contributed by atoms with Crippen LogP contribution in [-0.4, -0.2) is 42.6 Å². The summed E-state index contributed by atoms with van der Waals surface area (Å²) in [6.07, 6.45) is 6.32. The monoisotopic (exact) mass is 505 g/mol. The number of nitrogens with zero attached hydrogens (tertiary/aromatic N) is 3. The molecule has 0 bridgehead atoms. The van der Waals surface area contributed by atoms with Gasteiger partial charge in [-0.1, -0.05) is 29.8 Å². The SMILES string of the molecule is CCOC(=O)CCc1ccc(Oc2ccncc2C(=O)N2CCN(C3CC3)c3ccccc32)c(Cl)c1. The number of carbonyl (C=O) groups is 2. The van der Waals surface area contributed by atoms with E-state index >= 15 is 0 Å². The van der Waals surface area contributed by atoms with Crippen molar-refractivity contribution >= 4 is 34.9 Å². The predicted octanol–water partition coefficient (Wildman–Crippen LogP) is 5.65. The fraction of sp³-hybridized carbons (Fsp3) is 0.321. The summed E-state index contributed by atoms with van der Waals surface area (Å²) in [5.74, 6) is 0.408. The number of carbonyl (C=O) groups excluding carboxylic acids is 2. The van der Waals surface area contributed by atoms with Gasteiger partial charge in [-0.25, -0.2) is 0 Å². The van der Waals surface area contributed by atoms with E-state index < -0.39 is 0 Å². The highest BCUT2D eigenvalue weighted by Gasteiger charge is 2.36. The molecule has 0 saturated heterocycles. The lowest BCUT2D eigenvalue weighted by Crippen LogP contribution is -2.45. The van der Waals surface area contributed by atoms with Crippen LogP contribution in [0.4, 0.5) is 11.4 Å². The lowest BCUT2D eigenvalue weighted by Gasteiger charge is -2.38. The molecule has 1 fully saturated rings. The van der Waals surface area contributed by atoms with E-state index in [9.17, 15) is 9.59 Å². The number of aromatic nitrogens is 1. The fourth-order valence-electron chi connectivity index (χ4n) is 4.52. The van der Waals surface area contributed by atoms with Crippen molar-refractivity contribution in [3.05, 3.63) is 77.1 Å². The molecule has 0 N–H and O–H groups in total. The molecule has 1 amide bonds. The van der Waals surface area contributed by atoms with Gasteiger partial charge in [-0.3, -0.25) is 14.6 Å². The van der Waals surface area contributed by atoms with Crippen molar-refractivity contribution in [3.8, 4) is 11.5 Å². The Balaban J connectivity index is 1.35. The van der Waals surface area contributed by atoms with Gasteiger partial charge in [0, 0.05) is 37.9 Å². The maximum Gasteiger partial charge on any atom is 0.306 e. The summed E-state index contributed by atoms with van der Waals surface area (Å²) < 4.78 is 11.1. The van der Waals surface area contributed by atoms with E-state index in [0.717, 1.165) is 23.5 Å². The zero-order valence-electron chi connectivity index (χ0n) is 20.2. The fourth-order valence-corrected chi connectivity index (χ4v) is 4.76. The van der Waals surface area contributed by atoms with Gasteiger partial charge in [-0.05, 0) is 62.1 Å². The number of fused-ring (bicyclic) bond motifs is 1. The molecule has 1 aromatic heterocycles. The molecule has 3 aromatic rings. The summed E-state index contributed by atoms with van der Waals surface area (Å²) in [6.45, 7) is 3.53. The number of pyridine rings is 1. The second-order valence-corrected chi connectivity index (χ2v) is 9.32. The maximum absolute atomic E-state index is 13.7. The minimum atomic E-state index is -0.242. The zero-order chi connectivity index (χ0) is 25.1. The summed E-state index contributed by atoms with van der Waals surface area (Å²) in [4.78, 5) is 33.8. The van der Waals surface area contributed by atoms with Gasteiger partial charge < -0.3 is 19.3 Å². The topological polar surface area (TPSA) is 72.0 Å². The molecule has 1 aliphatic heterocycles. The van der Waals surface area contributed by atoms with Crippen LogP contribution in [0.5, 0.6) is 11.5 Å². The Morgan fingerprint density at radius 1 is 1.06 bits per heavy atom. The van der Waals surface area contributed by atoms with Crippen molar-refractivity contribution in [2.75, 3.05) is 29.5 Å². The summed E-state index contributed by atoms with van der Waals surface area (Å²) in [5, 5.41) is 0.398. The first-order chi connectivity index (χ1) is 17.5. The van der Waals surface area contributed by atoms with E-state index in [4.69, 9.17) is 21.1 Å². The van der Waals surface area contributed by atoms with Crippen LogP contribution in [-0.2, 0) is 16.0 Å². The van der Waals surface area contributed by atoms with Gasteiger partial charge in [0.15, 0.2) is 0 Å². The Labute approximate surface area is 215 Å². The van der Waals surface area contributed by atoms with Crippen molar-refractivity contribution < 1.29 is 19.1 Å². The summed E-state index contributed by atoms with van der Waals surface area (Å²) in [7, 11) is 0. The molecular weight excluding hydrogens is 478 g/mol. The molecule has 0 atom stereocenters. The number of benzene rings is 2. The number of hydrogen-bond acceptors (Lipinski definition) is 6. The summed E-state index contributed by atoms with van der Waals surface area (Å²) >= 11 is 6.50. The normalized spacial score (nSPS) is 14.8. The number of anilines is 2. The van der Waals surface area contributed by atoms with E-state index in [0.29, 0.717) is 47.7 Å². The largest absolute Gasteiger partial charge is 0.466 e. The van der Waals surface area contributed by atoms with Gasteiger partial charge in [-0.15, -0.1) is 0 Å². The van der Waals surface area contributed by atoms with E-state index in [1.54, 1.807) is 36.2 Å². The van der Waals surface area contributed by atoms with Crippen molar-refractivity contribution in [1.29, 1.82) is 0 Å². The second kappa shape index (κ2) is 10.6. The van der Waals surface area contributed by atoms with Gasteiger partial charge >= 0.3 is 5.97 Å². The Morgan fingerprint density at radius 2 is 1.86 bits per heavy atom. The third kappa shape index (κ3) is 5.16.